The van der Waals surface area contributed by atoms with Crippen LogP contribution in [0.1, 0.15) is 18.4 Å². The highest BCUT2D eigenvalue weighted by Crippen LogP contribution is 2.44. The third-order valence-corrected chi connectivity index (χ3v) is 4.66. The first kappa shape index (κ1) is 14.3. The van der Waals surface area contributed by atoms with Crippen molar-refractivity contribution in [2.45, 2.75) is 19.4 Å². The summed E-state index contributed by atoms with van der Waals surface area (Å²) in [7, 11) is 3.94. The third kappa shape index (κ3) is 3.18. The van der Waals surface area contributed by atoms with E-state index in [1.165, 1.54) is 12.8 Å². The second-order valence-corrected chi connectivity index (χ2v) is 6.56. The lowest BCUT2D eigenvalue weighted by Gasteiger charge is -2.16. The molecule has 0 spiro atoms. The molecule has 5 heteroatoms. The van der Waals surface area contributed by atoms with E-state index in [1.54, 1.807) is 0 Å². The van der Waals surface area contributed by atoms with Crippen molar-refractivity contribution in [2.75, 3.05) is 32.1 Å². The largest absolute Gasteiger partial charge is 0.481 e. The normalized spacial score (nSPS) is 26.0. The number of hydrogen-bond donors (Lipinski definition) is 1. The average molecular weight is 289 g/mol. The van der Waals surface area contributed by atoms with Gasteiger partial charge in [0.25, 0.3) is 0 Å². The molecule has 114 valence electrons. The SMILES string of the molecule is CN(C)c1ccc(CN2C[C@H](C(=O)O)[C@@H](C3CC3)C2)cn1. The highest BCUT2D eigenvalue weighted by atomic mass is 16.4. The first-order valence-corrected chi connectivity index (χ1v) is 7.62. The van der Waals surface area contributed by atoms with E-state index >= 15 is 0 Å². The van der Waals surface area contributed by atoms with E-state index in [0.717, 1.165) is 24.5 Å². The lowest BCUT2D eigenvalue weighted by molar-refractivity contribution is -0.142. The molecule has 1 saturated carbocycles. The molecular formula is C16H23N3O2. The van der Waals surface area contributed by atoms with E-state index in [4.69, 9.17) is 0 Å². The van der Waals surface area contributed by atoms with Gasteiger partial charge in [0, 0.05) is 39.9 Å². The van der Waals surface area contributed by atoms with Crippen molar-refractivity contribution < 1.29 is 9.90 Å². The minimum absolute atomic E-state index is 0.188. The number of carboxylic acid groups (broad SMARTS) is 1. The molecule has 1 N–H and O–H groups in total. The Morgan fingerprint density at radius 3 is 2.67 bits per heavy atom. The molecule has 5 nitrogen and oxygen atoms in total. The van der Waals surface area contributed by atoms with E-state index in [-0.39, 0.29) is 5.92 Å². The van der Waals surface area contributed by atoms with Crippen LogP contribution in [0.4, 0.5) is 5.82 Å². The molecule has 1 aromatic rings. The van der Waals surface area contributed by atoms with E-state index in [9.17, 15) is 9.90 Å². The van der Waals surface area contributed by atoms with Crippen LogP contribution in [0.5, 0.6) is 0 Å². The summed E-state index contributed by atoms with van der Waals surface area (Å²) in [6.45, 7) is 2.39. The lowest BCUT2D eigenvalue weighted by atomic mass is 9.92. The highest BCUT2D eigenvalue weighted by molar-refractivity contribution is 5.71. The van der Waals surface area contributed by atoms with Gasteiger partial charge < -0.3 is 10.0 Å². The molecule has 2 aliphatic rings. The maximum Gasteiger partial charge on any atom is 0.308 e. The Kier molecular flexibility index (Phi) is 3.85. The number of nitrogens with zero attached hydrogens (tertiary/aromatic N) is 3. The number of aromatic nitrogens is 1. The highest BCUT2D eigenvalue weighted by Gasteiger charge is 2.45. The summed E-state index contributed by atoms with van der Waals surface area (Å²) >= 11 is 0. The van der Waals surface area contributed by atoms with Crippen molar-refractivity contribution in [3.05, 3.63) is 23.9 Å². The number of pyridine rings is 1. The van der Waals surface area contributed by atoms with Crippen molar-refractivity contribution in [1.29, 1.82) is 0 Å². The molecule has 1 aliphatic carbocycles. The predicted octanol–water partition coefficient (Wildman–Crippen LogP) is 1.69. The zero-order chi connectivity index (χ0) is 15.0. The summed E-state index contributed by atoms with van der Waals surface area (Å²) in [4.78, 5) is 20.1. The average Bonchev–Trinajstić information content (AvgIpc) is 3.20. The second-order valence-electron chi connectivity index (χ2n) is 6.56. The summed E-state index contributed by atoms with van der Waals surface area (Å²) in [5.41, 5.74) is 1.15. The van der Waals surface area contributed by atoms with Gasteiger partial charge in [0.15, 0.2) is 0 Å². The number of anilines is 1. The number of rotatable bonds is 5. The van der Waals surface area contributed by atoms with Crippen LogP contribution in [0.2, 0.25) is 0 Å². The maximum atomic E-state index is 11.4. The number of likely N-dealkylation sites (tertiary alicyclic amines) is 1. The van der Waals surface area contributed by atoms with Gasteiger partial charge in [0.2, 0.25) is 0 Å². The van der Waals surface area contributed by atoms with Crippen LogP contribution >= 0.6 is 0 Å². The summed E-state index contributed by atoms with van der Waals surface area (Å²) in [5, 5.41) is 9.40. The van der Waals surface area contributed by atoms with Gasteiger partial charge in [0.1, 0.15) is 5.82 Å². The van der Waals surface area contributed by atoms with E-state index in [2.05, 4.69) is 16.0 Å². The molecule has 0 bridgehead atoms. The van der Waals surface area contributed by atoms with E-state index in [1.807, 2.05) is 31.3 Å². The first-order valence-electron chi connectivity index (χ1n) is 7.62. The molecule has 0 radical (unpaired) electrons. The number of carboxylic acids is 1. The third-order valence-electron chi connectivity index (χ3n) is 4.66. The fourth-order valence-electron chi connectivity index (χ4n) is 3.34. The van der Waals surface area contributed by atoms with Crippen molar-refractivity contribution >= 4 is 11.8 Å². The number of carbonyl (C=O) groups is 1. The van der Waals surface area contributed by atoms with Crippen LogP contribution in [-0.2, 0) is 11.3 Å². The van der Waals surface area contributed by atoms with E-state index < -0.39 is 5.97 Å². The Balaban J connectivity index is 1.64. The molecular weight excluding hydrogens is 266 g/mol. The van der Waals surface area contributed by atoms with Gasteiger partial charge in [-0.1, -0.05) is 6.07 Å². The molecule has 1 aromatic heterocycles. The molecule has 1 aliphatic heterocycles. The maximum absolute atomic E-state index is 11.4. The fourth-order valence-corrected chi connectivity index (χ4v) is 3.34. The fraction of sp³-hybridized carbons (Fsp3) is 0.625. The van der Waals surface area contributed by atoms with Crippen LogP contribution in [0.25, 0.3) is 0 Å². The minimum atomic E-state index is -0.629. The van der Waals surface area contributed by atoms with Crippen molar-refractivity contribution in [1.82, 2.24) is 9.88 Å². The molecule has 3 rings (SSSR count). The molecule has 21 heavy (non-hydrogen) atoms. The Labute approximate surface area is 125 Å². The summed E-state index contributed by atoms with van der Waals surface area (Å²) in [6.07, 6.45) is 4.32. The monoisotopic (exact) mass is 289 g/mol. The molecule has 2 heterocycles. The molecule has 0 aromatic carbocycles. The predicted molar refractivity (Wildman–Crippen MR) is 81.2 cm³/mol. The standard InChI is InChI=1S/C16H23N3O2/c1-18(2)15-6-3-11(7-17-15)8-19-9-13(12-4-5-12)14(10-19)16(20)21/h3,6-7,12-14H,4-5,8-10H2,1-2H3,(H,20,21)/t13-,14+/m1/s1. The van der Waals surface area contributed by atoms with Crippen LogP contribution < -0.4 is 4.90 Å². The van der Waals surface area contributed by atoms with Gasteiger partial charge in [-0.15, -0.1) is 0 Å². The van der Waals surface area contributed by atoms with Crippen LogP contribution in [-0.4, -0.2) is 48.1 Å². The summed E-state index contributed by atoms with van der Waals surface area (Å²) < 4.78 is 0. The van der Waals surface area contributed by atoms with Crippen molar-refractivity contribution in [3.8, 4) is 0 Å². The van der Waals surface area contributed by atoms with Gasteiger partial charge in [-0.05, 0) is 36.3 Å². The van der Waals surface area contributed by atoms with Crippen LogP contribution in [0.3, 0.4) is 0 Å². The molecule has 0 unspecified atom stereocenters. The zero-order valence-corrected chi connectivity index (χ0v) is 12.7. The van der Waals surface area contributed by atoms with Crippen molar-refractivity contribution in [3.63, 3.8) is 0 Å². The molecule has 1 saturated heterocycles. The quantitative estimate of drug-likeness (QED) is 0.894. The zero-order valence-electron chi connectivity index (χ0n) is 12.7. The van der Waals surface area contributed by atoms with Gasteiger partial charge in [-0.2, -0.15) is 0 Å². The van der Waals surface area contributed by atoms with Crippen molar-refractivity contribution in [2.24, 2.45) is 17.8 Å². The smallest absolute Gasteiger partial charge is 0.308 e. The summed E-state index contributed by atoms with van der Waals surface area (Å²) in [6, 6.07) is 4.10. The Morgan fingerprint density at radius 1 is 1.38 bits per heavy atom. The summed E-state index contributed by atoms with van der Waals surface area (Å²) in [5.74, 6) is 1.11. The Hall–Kier alpha value is -1.62. The molecule has 2 atom stereocenters. The minimum Gasteiger partial charge on any atom is -0.481 e. The van der Waals surface area contributed by atoms with E-state index in [0.29, 0.717) is 18.4 Å². The van der Waals surface area contributed by atoms with Gasteiger partial charge >= 0.3 is 5.97 Å². The second kappa shape index (κ2) is 5.64. The molecule has 2 fully saturated rings. The topological polar surface area (TPSA) is 56.7 Å². The Bertz CT molecular complexity index is 511. The van der Waals surface area contributed by atoms with Crippen LogP contribution in [0, 0.1) is 17.8 Å². The Morgan fingerprint density at radius 2 is 2.14 bits per heavy atom. The van der Waals surface area contributed by atoms with Gasteiger partial charge in [-0.3, -0.25) is 9.69 Å². The first-order chi connectivity index (χ1) is 10.0. The van der Waals surface area contributed by atoms with Gasteiger partial charge in [-0.25, -0.2) is 4.98 Å². The van der Waals surface area contributed by atoms with Crippen LogP contribution in [0.15, 0.2) is 18.3 Å². The lowest BCUT2D eigenvalue weighted by Crippen LogP contribution is -2.24. The molecule has 0 amide bonds. The van der Waals surface area contributed by atoms with Gasteiger partial charge in [0.05, 0.1) is 5.92 Å². The number of aliphatic carboxylic acids is 1. The number of hydrogen-bond acceptors (Lipinski definition) is 4.